The molecule has 1 aliphatic rings. The Labute approximate surface area is 135 Å². The van der Waals surface area contributed by atoms with Crippen LogP contribution in [0.5, 0.6) is 5.19 Å². The molecule has 118 valence electrons. The lowest BCUT2D eigenvalue weighted by molar-refractivity contribution is 0.0238. The smallest absolute Gasteiger partial charge is 0.321 e. The minimum absolute atomic E-state index is 0.121. The third kappa shape index (κ3) is 3.21. The van der Waals surface area contributed by atoms with Gasteiger partial charge in [-0.1, -0.05) is 5.10 Å². The van der Waals surface area contributed by atoms with E-state index in [1.807, 2.05) is 6.92 Å². The zero-order chi connectivity index (χ0) is 15.5. The summed E-state index contributed by atoms with van der Waals surface area (Å²) < 4.78 is 10.8. The Morgan fingerprint density at radius 2 is 2.41 bits per heavy atom. The molecule has 2 atom stereocenters. The van der Waals surface area contributed by atoms with Gasteiger partial charge in [0.25, 0.3) is 5.19 Å². The number of thiophene rings is 1. The number of urea groups is 1. The quantitative estimate of drug-likeness (QED) is 0.893. The molecule has 0 bridgehead atoms. The van der Waals surface area contributed by atoms with E-state index >= 15 is 0 Å². The lowest BCUT2D eigenvalue weighted by Gasteiger charge is -2.29. The van der Waals surface area contributed by atoms with E-state index in [0.29, 0.717) is 16.9 Å². The summed E-state index contributed by atoms with van der Waals surface area (Å²) in [6, 6.07) is 1.58. The van der Waals surface area contributed by atoms with E-state index in [9.17, 15) is 4.79 Å². The number of hydrogen-bond donors (Lipinski definition) is 2. The van der Waals surface area contributed by atoms with Crippen LogP contribution in [-0.4, -0.2) is 36.0 Å². The molecule has 0 aromatic carbocycles. The molecule has 0 radical (unpaired) electrons. The fraction of sp³-hybridized carbons (Fsp3) is 0.462. The maximum absolute atomic E-state index is 12.0. The molecule has 2 aromatic rings. The minimum Gasteiger partial charge on any atom is -0.472 e. The van der Waals surface area contributed by atoms with Gasteiger partial charge in [0.15, 0.2) is 0 Å². The maximum atomic E-state index is 12.0. The molecule has 2 amide bonds. The zero-order valence-corrected chi connectivity index (χ0v) is 13.8. The molecule has 3 heterocycles. The van der Waals surface area contributed by atoms with Crippen LogP contribution in [0.2, 0.25) is 0 Å². The Morgan fingerprint density at radius 3 is 3.18 bits per heavy atom. The highest BCUT2D eigenvalue weighted by molar-refractivity contribution is 7.17. The van der Waals surface area contributed by atoms with Gasteiger partial charge in [-0.25, -0.2) is 4.79 Å². The van der Waals surface area contributed by atoms with Gasteiger partial charge in [-0.3, -0.25) is 5.32 Å². The fourth-order valence-corrected chi connectivity index (χ4v) is 3.80. The predicted molar refractivity (Wildman–Crippen MR) is 84.8 cm³/mol. The summed E-state index contributed by atoms with van der Waals surface area (Å²) in [7, 11) is 1.51. The first-order valence-electron chi connectivity index (χ1n) is 6.80. The molecular weight excluding hydrogens is 324 g/mol. The van der Waals surface area contributed by atoms with Crippen LogP contribution in [0.1, 0.15) is 23.5 Å². The van der Waals surface area contributed by atoms with Gasteiger partial charge in [0.1, 0.15) is 6.10 Å². The Morgan fingerprint density at radius 1 is 1.55 bits per heavy atom. The maximum Gasteiger partial charge on any atom is 0.321 e. The van der Waals surface area contributed by atoms with Crippen LogP contribution in [0, 0.1) is 0 Å². The normalized spacial score (nSPS) is 18.4. The van der Waals surface area contributed by atoms with Crippen LogP contribution in [0.15, 0.2) is 11.4 Å². The molecule has 0 aliphatic carbocycles. The molecule has 0 spiro atoms. The number of aromatic nitrogens is 2. The first-order chi connectivity index (χ1) is 10.7. The van der Waals surface area contributed by atoms with Crippen molar-refractivity contribution >= 4 is 33.8 Å². The number of fused-ring (bicyclic) bond motifs is 1. The first-order valence-corrected chi connectivity index (χ1v) is 8.50. The lowest BCUT2D eigenvalue weighted by atomic mass is 10.0. The largest absolute Gasteiger partial charge is 0.472 e. The van der Waals surface area contributed by atoms with Crippen molar-refractivity contribution in [1.82, 2.24) is 15.5 Å². The van der Waals surface area contributed by atoms with Crippen molar-refractivity contribution in [2.45, 2.75) is 25.5 Å². The molecule has 2 aromatic heterocycles. The summed E-state index contributed by atoms with van der Waals surface area (Å²) >= 11 is 2.90. The highest BCUT2D eigenvalue weighted by Crippen LogP contribution is 2.33. The van der Waals surface area contributed by atoms with Crippen molar-refractivity contribution in [3.05, 3.63) is 21.9 Å². The van der Waals surface area contributed by atoms with Crippen LogP contribution in [-0.2, 0) is 11.2 Å². The summed E-state index contributed by atoms with van der Waals surface area (Å²) in [5.74, 6) is 0. The third-order valence-corrected chi connectivity index (χ3v) is 5.12. The number of nitrogens with zero attached hydrogens (tertiary/aromatic N) is 2. The number of hydrogen-bond acceptors (Lipinski definition) is 7. The SMILES string of the molecule is COc1nnc(NC(=O)NC(C)C2OCCc3sccc32)s1. The second-order valence-electron chi connectivity index (χ2n) is 4.80. The van der Waals surface area contributed by atoms with Gasteiger partial charge in [-0.05, 0) is 35.3 Å². The molecule has 3 rings (SSSR count). The van der Waals surface area contributed by atoms with E-state index in [1.54, 1.807) is 11.3 Å². The Hall–Kier alpha value is -1.71. The summed E-state index contributed by atoms with van der Waals surface area (Å²) in [5.41, 5.74) is 1.17. The third-order valence-electron chi connectivity index (χ3n) is 3.33. The molecular formula is C13H16N4O3S2. The number of nitrogens with one attached hydrogen (secondary N) is 2. The summed E-state index contributed by atoms with van der Waals surface area (Å²) in [6.45, 7) is 2.61. The molecule has 9 heteroatoms. The number of ether oxygens (including phenoxy) is 2. The van der Waals surface area contributed by atoms with Crippen molar-refractivity contribution in [2.24, 2.45) is 0 Å². The van der Waals surface area contributed by atoms with Crippen LogP contribution in [0.3, 0.4) is 0 Å². The Balaban J connectivity index is 1.60. The molecule has 22 heavy (non-hydrogen) atoms. The zero-order valence-electron chi connectivity index (χ0n) is 12.2. The fourth-order valence-electron chi connectivity index (χ4n) is 2.35. The average molecular weight is 340 g/mol. The van der Waals surface area contributed by atoms with Gasteiger partial charge in [0.05, 0.1) is 19.8 Å². The van der Waals surface area contributed by atoms with E-state index in [2.05, 4.69) is 32.3 Å². The molecule has 7 nitrogen and oxygen atoms in total. The lowest BCUT2D eigenvalue weighted by Crippen LogP contribution is -2.41. The van der Waals surface area contributed by atoms with Crippen molar-refractivity contribution in [2.75, 3.05) is 19.0 Å². The van der Waals surface area contributed by atoms with E-state index in [0.717, 1.165) is 6.42 Å². The van der Waals surface area contributed by atoms with Crippen molar-refractivity contribution < 1.29 is 14.3 Å². The predicted octanol–water partition coefficient (Wildman–Crippen LogP) is 2.43. The van der Waals surface area contributed by atoms with E-state index in [4.69, 9.17) is 9.47 Å². The second-order valence-corrected chi connectivity index (χ2v) is 6.75. The number of carbonyl (C=O) groups excluding carboxylic acids is 1. The van der Waals surface area contributed by atoms with Gasteiger partial charge in [-0.15, -0.1) is 16.4 Å². The average Bonchev–Trinajstić information content (AvgIpc) is 3.14. The van der Waals surface area contributed by atoms with Crippen LogP contribution < -0.4 is 15.4 Å². The molecule has 0 saturated carbocycles. The second kappa shape index (κ2) is 6.59. The summed E-state index contributed by atoms with van der Waals surface area (Å²) in [6.07, 6.45) is 0.817. The van der Waals surface area contributed by atoms with Crippen molar-refractivity contribution in [3.8, 4) is 5.19 Å². The Kier molecular flexibility index (Phi) is 4.55. The van der Waals surface area contributed by atoms with Crippen molar-refractivity contribution in [3.63, 3.8) is 0 Å². The molecule has 2 N–H and O–H groups in total. The number of anilines is 1. The van der Waals surface area contributed by atoms with Gasteiger partial charge < -0.3 is 14.8 Å². The topological polar surface area (TPSA) is 85.4 Å². The number of methoxy groups -OCH3 is 1. The monoisotopic (exact) mass is 340 g/mol. The number of carbonyl (C=O) groups is 1. The standard InChI is InChI=1S/C13H16N4O3S2/c1-7(10-8-4-6-21-9(8)3-5-20-10)14-11(18)15-12-16-17-13(19-2)22-12/h4,6-7,10H,3,5H2,1-2H3,(H2,14,15,16,18). The molecule has 0 fully saturated rings. The van der Waals surface area contributed by atoms with E-state index in [-0.39, 0.29) is 18.2 Å². The molecule has 0 saturated heterocycles. The van der Waals surface area contributed by atoms with Crippen LogP contribution in [0.4, 0.5) is 9.93 Å². The number of amides is 2. The van der Waals surface area contributed by atoms with Crippen molar-refractivity contribution in [1.29, 1.82) is 0 Å². The van der Waals surface area contributed by atoms with Crippen LogP contribution >= 0.6 is 22.7 Å². The highest BCUT2D eigenvalue weighted by Gasteiger charge is 2.28. The summed E-state index contributed by atoms with van der Waals surface area (Å²) in [4.78, 5) is 13.4. The van der Waals surface area contributed by atoms with Gasteiger partial charge >= 0.3 is 6.03 Å². The Bertz CT molecular complexity index is 657. The van der Waals surface area contributed by atoms with Gasteiger partial charge in [0, 0.05) is 11.3 Å². The van der Waals surface area contributed by atoms with E-state index < -0.39 is 0 Å². The molecule has 2 unspecified atom stereocenters. The number of rotatable bonds is 4. The summed E-state index contributed by atoms with van der Waals surface area (Å²) in [5, 5.41) is 16.0. The molecule has 1 aliphatic heterocycles. The van der Waals surface area contributed by atoms with Crippen LogP contribution in [0.25, 0.3) is 0 Å². The van der Waals surface area contributed by atoms with Gasteiger partial charge in [-0.2, -0.15) is 0 Å². The first kappa shape index (κ1) is 15.2. The van der Waals surface area contributed by atoms with E-state index in [1.165, 1.54) is 28.9 Å². The highest BCUT2D eigenvalue weighted by atomic mass is 32.1. The van der Waals surface area contributed by atoms with Gasteiger partial charge in [0.2, 0.25) is 5.13 Å². The minimum atomic E-state index is -0.336.